The number of nitrogens with one attached hydrogen (secondary N) is 1. The van der Waals surface area contributed by atoms with Crippen LogP contribution in [0.4, 0.5) is 0 Å². The van der Waals surface area contributed by atoms with Gasteiger partial charge in [-0.15, -0.1) is 0 Å². The molecule has 120 valence electrons. The average molecular weight is 331 g/mol. The molecular weight excluding hydrogens is 314 g/mol. The average Bonchev–Trinajstić information content (AvgIpc) is 3.10. The normalized spacial score (nSPS) is 10.5. The van der Waals surface area contributed by atoms with Gasteiger partial charge in [0, 0.05) is 12.6 Å². The van der Waals surface area contributed by atoms with Gasteiger partial charge >= 0.3 is 5.97 Å². The highest BCUT2D eigenvalue weighted by atomic mass is 32.1. The van der Waals surface area contributed by atoms with Gasteiger partial charge in [0.15, 0.2) is 6.61 Å². The molecule has 0 fully saturated rings. The molecule has 23 heavy (non-hydrogen) atoms. The Hall–Kier alpha value is -2.60. The molecule has 1 aromatic heterocycles. The van der Waals surface area contributed by atoms with Gasteiger partial charge in [0.2, 0.25) is 0 Å². The van der Waals surface area contributed by atoms with Crippen molar-refractivity contribution in [3.05, 3.63) is 58.3 Å². The van der Waals surface area contributed by atoms with Crippen molar-refractivity contribution in [1.29, 1.82) is 0 Å². The molecule has 1 amide bonds. The van der Waals surface area contributed by atoms with E-state index in [0.29, 0.717) is 6.54 Å². The Balaban J connectivity index is 1.69. The molecule has 0 aliphatic rings. The molecule has 0 aliphatic heterocycles. The third-order valence-corrected chi connectivity index (χ3v) is 3.65. The zero-order valence-electron chi connectivity index (χ0n) is 12.7. The maximum Gasteiger partial charge on any atom is 0.331 e. The number of rotatable bonds is 7. The van der Waals surface area contributed by atoms with Gasteiger partial charge in [0.05, 0.1) is 7.11 Å². The lowest BCUT2D eigenvalue weighted by atomic mass is 10.2. The van der Waals surface area contributed by atoms with Gasteiger partial charge in [-0.2, -0.15) is 11.3 Å². The maximum absolute atomic E-state index is 11.6. The van der Waals surface area contributed by atoms with Gasteiger partial charge in [-0.3, -0.25) is 4.79 Å². The van der Waals surface area contributed by atoms with Crippen molar-refractivity contribution in [3.63, 3.8) is 0 Å². The molecule has 1 aromatic carbocycles. The van der Waals surface area contributed by atoms with Crippen molar-refractivity contribution in [2.24, 2.45) is 0 Å². The first-order chi connectivity index (χ1) is 11.2. The molecule has 0 atom stereocenters. The lowest BCUT2D eigenvalue weighted by molar-refractivity contribution is -0.143. The van der Waals surface area contributed by atoms with Crippen LogP contribution in [-0.2, 0) is 20.9 Å². The molecule has 2 rings (SSSR count). The summed E-state index contributed by atoms with van der Waals surface area (Å²) in [5, 5.41) is 6.50. The van der Waals surface area contributed by atoms with E-state index in [0.717, 1.165) is 16.9 Å². The van der Waals surface area contributed by atoms with Gasteiger partial charge in [0.25, 0.3) is 5.91 Å². The first kappa shape index (κ1) is 16.8. The van der Waals surface area contributed by atoms with Crippen LogP contribution in [0.25, 0.3) is 6.08 Å². The highest BCUT2D eigenvalue weighted by Gasteiger charge is 2.05. The summed E-state index contributed by atoms with van der Waals surface area (Å²) in [6, 6.07) is 9.23. The second kappa shape index (κ2) is 8.75. The zero-order valence-corrected chi connectivity index (χ0v) is 13.5. The number of esters is 1. The molecule has 2 aromatic rings. The first-order valence-corrected chi connectivity index (χ1v) is 7.88. The maximum atomic E-state index is 11.6. The van der Waals surface area contributed by atoms with Crippen molar-refractivity contribution >= 4 is 29.3 Å². The number of carbonyl (C=O) groups excluding carboxylic acids is 2. The monoisotopic (exact) mass is 331 g/mol. The Morgan fingerprint density at radius 1 is 1.22 bits per heavy atom. The van der Waals surface area contributed by atoms with Crippen LogP contribution in [0, 0.1) is 0 Å². The number of ether oxygens (including phenoxy) is 2. The van der Waals surface area contributed by atoms with E-state index in [9.17, 15) is 9.59 Å². The summed E-state index contributed by atoms with van der Waals surface area (Å²) in [4.78, 5) is 23.1. The molecule has 1 N–H and O–H groups in total. The number of carbonyl (C=O) groups is 2. The van der Waals surface area contributed by atoms with Gasteiger partial charge in [-0.05, 0) is 46.2 Å². The number of methoxy groups -OCH3 is 1. The van der Waals surface area contributed by atoms with Crippen molar-refractivity contribution in [2.75, 3.05) is 13.7 Å². The first-order valence-electron chi connectivity index (χ1n) is 6.94. The van der Waals surface area contributed by atoms with E-state index < -0.39 is 5.97 Å². The number of hydrogen-bond acceptors (Lipinski definition) is 5. The topological polar surface area (TPSA) is 64.6 Å². The highest BCUT2D eigenvalue weighted by Crippen LogP contribution is 2.11. The van der Waals surface area contributed by atoms with Crippen molar-refractivity contribution in [1.82, 2.24) is 5.32 Å². The lowest BCUT2D eigenvalue weighted by Crippen LogP contribution is -2.28. The predicted octanol–water partition coefficient (Wildman–Crippen LogP) is 2.63. The van der Waals surface area contributed by atoms with Crippen LogP contribution in [0.15, 0.2) is 47.2 Å². The fourth-order valence-corrected chi connectivity index (χ4v) is 2.34. The van der Waals surface area contributed by atoms with Crippen molar-refractivity contribution in [3.8, 4) is 5.75 Å². The summed E-state index contributed by atoms with van der Waals surface area (Å²) in [6.07, 6.45) is 2.95. The van der Waals surface area contributed by atoms with E-state index in [-0.39, 0.29) is 12.5 Å². The summed E-state index contributed by atoms with van der Waals surface area (Å²) in [5.41, 5.74) is 1.86. The largest absolute Gasteiger partial charge is 0.497 e. The van der Waals surface area contributed by atoms with E-state index in [2.05, 4.69) is 5.32 Å². The smallest absolute Gasteiger partial charge is 0.331 e. The Bertz CT molecular complexity index is 662. The quantitative estimate of drug-likeness (QED) is 0.626. The summed E-state index contributed by atoms with van der Waals surface area (Å²) >= 11 is 1.54. The zero-order chi connectivity index (χ0) is 16.5. The number of benzene rings is 1. The fourth-order valence-electron chi connectivity index (χ4n) is 1.71. The van der Waals surface area contributed by atoms with Crippen LogP contribution in [0.1, 0.15) is 11.1 Å². The fraction of sp³-hybridized carbons (Fsp3) is 0.176. The third-order valence-electron chi connectivity index (χ3n) is 2.95. The van der Waals surface area contributed by atoms with E-state index in [1.54, 1.807) is 24.5 Å². The number of thiophene rings is 1. The molecule has 0 unspecified atom stereocenters. The molecule has 0 bridgehead atoms. The Morgan fingerprint density at radius 2 is 2.00 bits per heavy atom. The van der Waals surface area contributed by atoms with E-state index in [1.165, 1.54) is 6.08 Å². The Morgan fingerprint density at radius 3 is 2.65 bits per heavy atom. The van der Waals surface area contributed by atoms with Crippen LogP contribution in [0.2, 0.25) is 0 Å². The molecule has 5 nitrogen and oxygen atoms in total. The van der Waals surface area contributed by atoms with Gasteiger partial charge < -0.3 is 14.8 Å². The minimum absolute atomic E-state index is 0.303. The minimum atomic E-state index is -0.546. The van der Waals surface area contributed by atoms with Crippen molar-refractivity contribution in [2.45, 2.75) is 6.54 Å². The van der Waals surface area contributed by atoms with Crippen LogP contribution in [0.3, 0.4) is 0 Å². The molecule has 0 saturated heterocycles. The molecular formula is C17H17NO4S. The van der Waals surface area contributed by atoms with E-state index in [4.69, 9.17) is 9.47 Å². The van der Waals surface area contributed by atoms with Gasteiger partial charge in [-0.25, -0.2) is 4.79 Å². The molecule has 0 radical (unpaired) electrons. The Kier molecular flexibility index (Phi) is 6.38. The standard InChI is InChI=1S/C17H17NO4S/c1-21-15-5-2-13(3-6-15)10-18-16(19)11-22-17(20)7-4-14-8-9-23-12-14/h2-9,12H,10-11H2,1H3,(H,18,19)/b7-4+. The van der Waals surface area contributed by atoms with E-state index >= 15 is 0 Å². The second-order valence-corrected chi connectivity index (χ2v) is 5.40. The number of hydrogen-bond donors (Lipinski definition) is 1. The molecule has 0 saturated carbocycles. The van der Waals surface area contributed by atoms with Gasteiger partial charge in [-0.1, -0.05) is 12.1 Å². The number of amides is 1. The van der Waals surface area contributed by atoms with Crippen LogP contribution in [0.5, 0.6) is 5.75 Å². The Labute approximate surface area is 138 Å². The minimum Gasteiger partial charge on any atom is -0.497 e. The molecule has 0 spiro atoms. The molecule has 0 aliphatic carbocycles. The third kappa shape index (κ3) is 5.96. The van der Waals surface area contributed by atoms with Crippen LogP contribution in [-0.4, -0.2) is 25.6 Å². The molecule has 6 heteroatoms. The van der Waals surface area contributed by atoms with E-state index in [1.807, 2.05) is 41.1 Å². The lowest BCUT2D eigenvalue weighted by Gasteiger charge is -2.06. The summed E-state index contributed by atoms with van der Waals surface area (Å²) in [7, 11) is 1.60. The second-order valence-electron chi connectivity index (χ2n) is 4.62. The summed E-state index contributed by atoms with van der Waals surface area (Å²) in [5.74, 6) is -0.139. The van der Waals surface area contributed by atoms with Gasteiger partial charge in [0.1, 0.15) is 5.75 Å². The summed E-state index contributed by atoms with van der Waals surface area (Å²) < 4.78 is 9.93. The molecule has 1 heterocycles. The predicted molar refractivity (Wildman–Crippen MR) is 89.2 cm³/mol. The van der Waals surface area contributed by atoms with Crippen LogP contribution < -0.4 is 10.1 Å². The van der Waals surface area contributed by atoms with Crippen molar-refractivity contribution < 1.29 is 19.1 Å². The van der Waals surface area contributed by atoms with Crippen LogP contribution >= 0.6 is 11.3 Å². The summed E-state index contributed by atoms with van der Waals surface area (Å²) in [6.45, 7) is 0.0636. The SMILES string of the molecule is COc1ccc(CNC(=O)COC(=O)/C=C/c2ccsc2)cc1. The highest BCUT2D eigenvalue weighted by molar-refractivity contribution is 7.08.